The number of amides is 1. The molecule has 0 bridgehead atoms. The highest BCUT2D eigenvalue weighted by Gasteiger charge is 2.28. The molecular formula is C20H23ClFN3O4S. The summed E-state index contributed by atoms with van der Waals surface area (Å²) in [7, 11) is -1.11. The van der Waals surface area contributed by atoms with Crippen LogP contribution in [-0.2, 0) is 14.8 Å². The largest absolute Gasteiger partial charge is 0.495 e. The smallest absolute Gasteiger partial charge is 0.243 e. The van der Waals surface area contributed by atoms with Crippen molar-refractivity contribution in [3.63, 3.8) is 0 Å². The topological polar surface area (TPSA) is 70.2 Å². The average molecular weight is 456 g/mol. The predicted octanol–water partition coefficient (Wildman–Crippen LogP) is 2.46. The minimum absolute atomic E-state index is 0.0204. The van der Waals surface area contributed by atoms with Crippen LogP contribution in [0, 0.1) is 5.82 Å². The lowest BCUT2D eigenvalue weighted by Crippen LogP contribution is -2.51. The van der Waals surface area contributed by atoms with Crippen LogP contribution in [0.4, 0.5) is 10.1 Å². The monoisotopic (exact) mass is 455 g/mol. The van der Waals surface area contributed by atoms with Gasteiger partial charge >= 0.3 is 0 Å². The number of nitrogens with zero attached hydrogens (tertiary/aromatic N) is 3. The van der Waals surface area contributed by atoms with Crippen molar-refractivity contribution >= 4 is 33.2 Å². The molecule has 0 spiro atoms. The van der Waals surface area contributed by atoms with Crippen LogP contribution in [0.1, 0.15) is 0 Å². The molecule has 1 amide bonds. The van der Waals surface area contributed by atoms with Gasteiger partial charge in [-0.2, -0.15) is 4.31 Å². The Morgan fingerprint density at radius 3 is 2.43 bits per heavy atom. The Hall–Kier alpha value is -2.36. The van der Waals surface area contributed by atoms with E-state index >= 15 is 0 Å². The molecule has 2 aromatic rings. The van der Waals surface area contributed by atoms with E-state index in [9.17, 15) is 17.6 Å². The van der Waals surface area contributed by atoms with Crippen LogP contribution in [0.3, 0.4) is 0 Å². The molecule has 0 aromatic heterocycles. The Bertz CT molecular complexity index is 1030. The molecule has 0 atom stereocenters. The summed E-state index contributed by atoms with van der Waals surface area (Å²) >= 11 is 6.03. The summed E-state index contributed by atoms with van der Waals surface area (Å²) in [6.45, 7) is 1.41. The molecule has 0 N–H and O–H groups in total. The Kier molecular flexibility index (Phi) is 6.84. The number of piperazine rings is 1. The summed E-state index contributed by atoms with van der Waals surface area (Å²) in [4.78, 5) is 16.1. The van der Waals surface area contributed by atoms with Gasteiger partial charge in [0.1, 0.15) is 11.6 Å². The predicted molar refractivity (Wildman–Crippen MR) is 113 cm³/mol. The molecule has 7 nitrogen and oxygen atoms in total. The molecule has 162 valence electrons. The number of methoxy groups -OCH3 is 1. The molecule has 10 heteroatoms. The fraction of sp³-hybridized carbons (Fsp3) is 0.350. The van der Waals surface area contributed by atoms with Crippen molar-refractivity contribution in [2.24, 2.45) is 0 Å². The highest BCUT2D eigenvalue weighted by atomic mass is 35.5. The second kappa shape index (κ2) is 9.20. The van der Waals surface area contributed by atoms with Crippen molar-refractivity contribution in [2.45, 2.75) is 4.90 Å². The summed E-state index contributed by atoms with van der Waals surface area (Å²) in [5, 5.41) is 0.169. The first kappa shape index (κ1) is 22.3. The van der Waals surface area contributed by atoms with Crippen LogP contribution >= 0.6 is 11.6 Å². The Morgan fingerprint density at radius 1 is 1.17 bits per heavy atom. The highest BCUT2D eigenvalue weighted by Crippen LogP contribution is 2.28. The van der Waals surface area contributed by atoms with Gasteiger partial charge in [-0.3, -0.25) is 4.79 Å². The van der Waals surface area contributed by atoms with Crippen molar-refractivity contribution in [1.29, 1.82) is 0 Å². The third-order valence-corrected chi connectivity index (χ3v) is 7.11. The van der Waals surface area contributed by atoms with Gasteiger partial charge in [0.25, 0.3) is 0 Å². The van der Waals surface area contributed by atoms with Crippen molar-refractivity contribution in [3.05, 3.63) is 53.3 Å². The van der Waals surface area contributed by atoms with Crippen LogP contribution < -0.4 is 9.64 Å². The molecule has 0 aliphatic carbocycles. The van der Waals surface area contributed by atoms with E-state index in [2.05, 4.69) is 0 Å². The van der Waals surface area contributed by atoms with Crippen LogP contribution in [-0.4, -0.2) is 70.4 Å². The van der Waals surface area contributed by atoms with Gasteiger partial charge in [0.15, 0.2) is 0 Å². The minimum atomic E-state index is -3.89. The van der Waals surface area contributed by atoms with Gasteiger partial charge in [0.05, 0.1) is 29.3 Å². The maximum absolute atomic E-state index is 14.0. The number of halogens is 2. The zero-order chi connectivity index (χ0) is 21.9. The highest BCUT2D eigenvalue weighted by molar-refractivity contribution is 7.89. The lowest BCUT2D eigenvalue weighted by Gasteiger charge is -2.36. The van der Waals surface area contributed by atoms with Gasteiger partial charge in [0, 0.05) is 33.2 Å². The number of carbonyl (C=O) groups is 1. The molecule has 3 rings (SSSR count). The van der Waals surface area contributed by atoms with E-state index in [1.54, 1.807) is 23.1 Å². The molecule has 1 aliphatic rings. The normalized spacial score (nSPS) is 14.8. The number of ether oxygens (including phenoxy) is 1. The van der Waals surface area contributed by atoms with Crippen LogP contribution in [0.2, 0.25) is 5.02 Å². The summed E-state index contributed by atoms with van der Waals surface area (Å²) in [5.74, 6) is -0.253. The fourth-order valence-corrected chi connectivity index (χ4v) is 4.74. The van der Waals surface area contributed by atoms with Crippen molar-refractivity contribution < 1.29 is 22.3 Å². The SMILES string of the molecule is COc1ccc(S(=O)(=O)N(C)CC(=O)N2CCN(c3ccccc3F)CC2)cc1Cl. The molecule has 2 aromatic carbocycles. The van der Waals surface area contributed by atoms with Gasteiger partial charge < -0.3 is 14.5 Å². The number of hydrogen-bond acceptors (Lipinski definition) is 5. The number of anilines is 1. The summed E-state index contributed by atoms with van der Waals surface area (Å²) in [5.41, 5.74) is 0.501. The van der Waals surface area contributed by atoms with E-state index in [4.69, 9.17) is 16.3 Å². The van der Waals surface area contributed by atoms with Gasteiger partial charge in [-0.05, 0) is 30.3 Å². The van der Waals surface area contributed by atoms with Crippen LogP contribution in [0.5, 0.6) is 5.75 Å². The van der Waals surface area contributed by atoms with Crippen molar-refractivity contribution in [2.75, 3.05) is 51.8 Å². The number of carbonyl (C=O) groups excluding carboxylic acids is 1. The van der Waals surface area contributed by atoms with Crippen LogP contribution in [0.25, 0.3) is 0 Å². The molecule has 1 fully saturated rings. The minimum Gasteiger partial charge on any atom is -0.495 e. The third kappa shape index (κ3) is 4.69. The Balaban J connectivity index is 1.62. The number of para-hydroxylation sites is 1. The maximum atomic E-state index is 14.0. The van der Waals surface area contributed by atoms with Gasteiger partial charge in [-0.1, -0.05) is 23.7 Å². The van der Waals surface area contributed by atoms with E-state index in [1.807, 2.05) is 4.90 Å². The first-order valence-electron chi connectivity index (χ1n) is 9.31. The quantitative estimate of drug-likeness (QED) is 0.669. The average Bonchev–Trinajstić information content (AvgIpc) is 2.74. The first-order valence-corrected chi connectivity index (χ1v) is 11.1. The lowest BCUT2D eigenvalue weighted by atomic mass is 10.2. The molecule has 1 heterocycles. The molecule has 0 radical (unpaired) electrons. The number of sulfonamides is 1. The van der Waals surface area contributed by atoms with Gasteiger partial charge in [-0.25, -0.2) is 12.8 Å². The molecule has 0 unspecified atom stereocenters. The van der Waals surface area contributed by atoms with Crippen molar-refractivity contribution in [3.8, 4) is 5.75 Å². The Labute approximate surface area is 180 Å². The fourth-order valence-electron chi connectivity index (χ4n) is 3.27. The van der Waals surface area contributed by atoms with E-state index in [1.165, 1.54) is 38.4 Å². The number of likely N-dealkylation sites (N-methyl/N-ethyl adjacent to an activating group) is 1. The zero-order valence-corrected chi connectivity index (χ0v) is 18.3. The van der Waals surface area contributed by atoms with Crippen LogP contribution in [0.15, 0.2) is 47.4 Å². The molecule has 1 aliphatic heterocycles. The number of benzene rings is 2. The summed E-state index contributed by atoms with van der Waals surface area (Å²) < 4.78 is 45.6. The Morgan fingerprint density at radius 2 is 1.83 bits per heavy atom. The first-order chi connectivity index (χ1) is 14.2. The maximum Gasteiger partial charge on any atom is 0.243 e. The summed E-state index contributed by atoms with van der Waals surface area (Å²) in [6, 6.07) is 10.6. The third-order valence-electron chi connectivity index (χ3n) is 5.01. The molecule has 0 saturated carbocycles. The van der Waals surface area contributed by atoms with Crippen molar-refractivity contribution in [1.82, 2.24) is 9.21 Å². The zero-order valence-electron chi connectivity index (χ0n) is 16.7. The molecule has 1 saturated heterocycles. The number of hydrogen-bond donors (Lipinski definition) is 0. The number of rotatable bonds is 6. The molecule has 30 heavy (non-hydrogen) atoms. The lowest BCUT2D eigenvalue weighted by molar-refractivity contribution is -0.131. The standard InChI is InChI=1S/C20H23ClFN3O4S/c1-23(30(27,28)15-7-8-19(29-2)16(21)13-15)14-20(26)25-11-9-24(10-12-25)18-6-4-3-5-17(18)22/h3-8,13H,9-12,14H2,1-2H3. The molecular weight excluding hydrogens is 433 g/mol. The van der Waals surface area contributed by atoms with E-state index in [-0.39, 0.29) is 28.2 Å². The second-order valence-corrected chi connectivity index (χ2v) is 9.33. The van der Waals surface area contributed by atoms with E-state index in [0.717, 1.165) is 4.31 Å². The van der Waals surface area contributed by atoms with E-state index in [0.29, 0.717) is 37.6 Å². The van der Waals surface area contributed by atoms with Gasteiger partial charge in [0.2, 0.25) is 15.9 Å². The second-order valence-electron chi connectivity index (χ2n) is 6.88. The van der Waals surface area contributed by atoms with Gasteiger partial charge in [-0.15, -0.1) is 0 Å². The summed E-state index contributed by atoms with van der Waals surface area (Å²) in [6.07, 6.45) is 0. The van der Waals surface area contributed by atoms with E-state index < -0.39 is 10.0 Å².